The predicted octanol–water partition coefficient (Wildman–Crippen LogP) is 1.82. The summed E-state index contributed by atoms with van der Waals surface area (Å²) in [7, 11) is 1.65. The summed E-state index contributed by atoms with van der Waals surface area (Å²) in [5.74, 6) is 1.74. The summed E-state index contributed by atoms with van der Waals surface area (Å²) in [6, 6.07) is 1.91. The Morgan fingerprint density at radius 2 is 2.33 bits per heavy atom. The largest absolute Gasteiger partial charge is 0.496 e. The fourth-order valence-electron chi connectivity index (χ4n) is 2.04. The van der Waals surface area contributed by atoms with Crippen LogP contribution >= 0.6 is 0 Å². The molecule has 0 fully saturated rings. The predicted molar refractivity (Wildman–Crippen MR) is 57.5 cm³/mol. The highest BCUT2D eigenvalue weighted by Gasteiger charge is 2.19. The Bertz CT molecular complexity index is 372. The molecule has 82 valence electrons. The summed E-state index contributed by atoms with van der Waals surface area (Å²) in [6.45, 7) is 2.76. The van der Waals surface area contributed by atoms with Gasteiger partial charge >= 0.3 is 0 Å². The van der Waals surface area contributed by atoms with Gasteiger partial charge in [0.1, 0.15) is 11.5 Å². The maximum absolute atomic E-state index is 9.23. The lowest BCUT2D eigenvalue weighted by Gasteiger charge is -2.23. The third-order valence-corrected chi connectivity index (χ3v) is 2.91. The molecule has 0 bridgehead atoms. The van der Waals surface area contributed by atoms with Gasteiger partial charge in [-0.2, -0.15) is 0 Å². The number of hydrogen-bond donors (Lipinski definition) is 1. The lowest BCUT2D eigenvalue weighted by molar-refractivity contribution is 0.266. The van der Waals surface area contributed by atoms with Gasteiger partial charge in [-0.1, -0.05) is 0 Å². The molecule has 1 heterocycles. The van der Waals surface area contributed by atoms with Crippen molar-refractivity contribution >= 4 is 0 Å². The van der Waals surface area contributed by atoms with E-state index >= 15 is 0 Å². The molecule has 0 radical (unpaired) electrons. The van der Waals surface area contributed by atoms with Crippen LogP contribution in [0.2, 0.25) is 0 Å². The Hall–Kier alpha value is -1.22. The molecular weight excluding hydrogens is 192 g/mol. The number of fused-ring (bicyclic) bond motifs is 1. The van der Waals surface area contributed by atoms with E-state index in [1.165, 1.54) is 0 Å². The molecule has 1 aliphatic heterocycles. The lowest BCUT2D eigenvalue weighted by Crippen LogP contribution is -2.12. The van der Waals surface area contributed by atoms with Crippen LogP contribution in [-0.2, 0) is 13.0 Å². The van der Waals surface area contributed by atoms with Gasteiger partial charge in [0.15, 0.2) is 0 Å². The van der Waals surface area contributed by atoms with Crippen molar-refractivity contribution in [2.24, 2.45) is 0 Å². The molecule has 0 spiro atoms. The summed E-state index contributed by atoms with van der Waals surface area (Å²) in [5, 5.41) is 9.23. The topological polar surface area (TPSA) is 38.7 Å². The minimum Gasteiger partial charge on any atom is -0.496 e. The fraction of sp³-hybridized carbons (Fsp3) is 0.500. The zero-order valence-electron chi connectivity index (χ0n) is 9.17. The number of ether oxygens (including phenoxy) is 2. The van der Waals surface area contributed by atoms with Crippen LogP contribution in [0.15, 0.2) is 6.07 Å². The van der Waals surface area contributed by atoms with Crippen LogP contribution in [0.5, 0.6) is 11.5 Å². The van der Waals surface area contributed by atoms with Gasteiger partial charge in [-0.3, -0.25) is 0 Å². The van der Waals surface area contributed by atoms with Crippen molar-refractivity contribution in [3.8, 4) is 11.5 Å². The third-order valence-electron chi connectivity index (χ3n) is 2.91. The minimum absolute atomic E-state index is 0.0266. The highest BCUT2D eigenvalue weighted by molar-refractivity contribution is 5.54. The molecule has 0 amide bonds. The van der Waals surface area contributed by atoms with Crippen LogP contribution < -0.4 is 9.47 Å². The van der Waals surface area contributed by atoms with Crippen molar-refractivity contribution in [3.05, 3.63) is 22.8 Å². The lowest BCUT2D eigenvalue weighted by atomic mass is 9.98. The number of aliphatic hydroxyl groups excluding tert-OH is 1. The Morgan fingerprint density at radius 3 is 3.00 bits per heavy atom. The maximum Gasteiger partial charge on any atom is 0.129 e. The SMILES string of the molecule is COc1cc(CO)c(C)c2c1CCCO2. The van der Waals surface area contributed by atoms with Crippen LogP contribution in [0.3, 0.4) is 0 Å². The van der Waals surface area contributed by atoms with Crippen LogP contribution in [0.1, 0.15) is 23.1 Å². The van der Waals surface area contributed by atoms with Crippen LogP contribution in [0.4, 0.5) is 0 Å². The Balaban J connectivity index is 2.58. The van der Waals surface area contributed by atoms with Crippen molar-refractivity contribution in [3.63, 3.8) is 0 Å². The summed E-state index contributed by atoms with van der Waals surface area (Å²) in [4.78, 5) is 0. The Morgan fingerprint density at radius 1 is 1.53 bits per heavy atom. The highest BCUT2D eigenvalue weighted by atomic mass is 16.5. The Labute approximate surface area is 89.6 Å². The van der Waals surface area contributed by atoms with Gasteiger partial charge in [0.25, 0.3) is 0 Å². The molecule has 1 aromatic rings. The first-order valence-corrected chi connectivity index (χ1v) is 5.21. The van der Waals surface area contributed by atoms with E-state index < -0.39 is 0 Å². The van der Waals surface area contributed by atoms with Gasteiger partial charge in [-0.25, -0.2) is 0 Å². The zero-order valence-corrected chi connectivity index (χ0v) is 9.17. The molecule has 3 heteroatoms. The van der Waals surface area contributed by atoms with Crippen molar-refractivity contribution in [2.75, 3.05) is 13.7 Å². The molecule has 1 N–H and O–H groups in total. The standard InChI is InChI=1S/C12H16O3/c1-8-9(7-13)6-11(14-2)10-4-3-5-15-12(8)10/h6,13H,3-5,7H2,1-2H3. The van der Waals surface area contributed by atoms with Gasteiger partial charge < -0.3 is 14.6 Å². The average molecular weight is 208 g/mol. The van der Waals surface area contributed by atoms with Gasteiger partial charge in [0.2, 0.25) is 0 Å². The average Bonchev–Trinajstić information content (AvgIpc) is 2.30. The number of aliphatic hydroxyl groups is 1. The molecule has 1 aromatic carbocycles. The van der Waals surface area contributed by atoms with E-state index in [1.807, 2.05) is 13.0 Å². The van der Waals surface area contributed by atoms with E-state index in [2.05, 4.69) is 0 Å². The summed E-state index contributed by atoms with van der Waals surface area (Å²) in [6.07, 6.45) is 2.02. The number of hydrogen-bond acceptors (Lipinski definition) is 3. The molecule has 2 rings (SSSR count). The first kappa shape index (κ1) is 10.3. The quantitative estimate of drug-likeness (QED) is 0.805. The molecule has 0 saturated carbocycles. The second-order valence-electron chi connectivity index (χ2n) is 3.78. The zero-order chi connectivity index (χ0) is 10.8. The van der Waals surface area contributed by atoms with E-state index in [0.29, 0.717) is 0 Å². The molecule has 0 saturated heterocycles. The van der Waals surface area contributed by atoms with E-state index in [-0.39, 0.29) is 6.61 Å². The maximum atomic E-state index is 9.23. The molecule has 0 unspecified atom stereocenters. The van der Waals surface area contributed by atoms with E-state index in [0.717, 1.165) is 47.6 Å². The molecule has 0 aliphatic carbocycles. The van der Waals surface area contributed by atoms with Gasteiger partial charge in [-0.05, 0) is 37.0 Å². The molecule has 15 heavy (non-hydrogen) atoms. The number of methoxy groups -OCH3 is 1. The fourth-order valence-corrected chi connectivity index (χ4v) is 2.04. The summed E-state index contributed by atoms with van der Waals surface area (Å²) < 4.78 is 11.0. The smallest absolute Gasteiger partial charge is 0.129 e. The molecule has 0 aromatic heterocycles. The normalized spacial score (nSPS) is 14.3. The van der Waals surface area contributed by atoms with Crippen molar-refractivity contribution in [1.82, 2.24) is 0 Å². The second-order valence-corrected chi connectivity index (χ2v) is 3.78. The van der Waals surface area contributed by atoms with Crippen molar-refractivity contribution in [2.45, 2.75) is 26.4 Å². The van der Waals surface area contributed by atoms with Crippen LogP contribution in [-0.4, -0.2) is 18.8 Å². The van der Waals surface area contributed by atoms with Crippen LogP contribution in [0, 0.1) is 6.92 Å². The van der Waals surface area contributed by atoms with Gasteiger partial charge in [0, 0.05) is 5.56 Å². The first-order valence-electron chi connectivity index (χ1n) is 5.21. The molecule has 1 aliphatic rings. The van der Waals surface area contributed by atoms with Crippen LogP contribution in [0.25, 0.3) is 0 Å². The number of rotatable bonds is 2. The molecular formula is C12H16O3. The van der Waals surface area contributed by atoms with E-state index in [4.69, 9.17) is 9.47 Å². The third kappa shape index (κ3) is 1.67. The monoisotopic (exact) mass is 208 g/mol. The number of benzene rings is 1. The second kappa shape index (κ2) is 4.11. The molecule has 0 atom stereocenters. The molecule has 3 nitrogen and oxygen atoms in total. The van der Waals surface area contributed by atoms with Gasteiger partial charge in [-0.15, -0.1) is 0 Å². The Kier molecular flexibility index (Phi) is 2.82. The van der Waals surface area contributed by atoms with Gasteiger partial charge in [0.05, 0.1) is 20.3 Å². The summed E-state index contributed by atoms with van der Waals surface area (Å²) >= 11 is 0. The van der Waals surface area contributed by atoms with Crippen molar-refractivity contribution in [1.29, 1.82) is 0 Å². The summed E-state index contributed by atoms with van der Waals surface area (Å²) in [5.41, 5.74) is 3.05. The van der Waals surface area contributed by atoms with E-state index in [9.17, 15) is 5.11 Å². The minimum atomic E-state index is 0.0266. The first-order chi connectivity index (χ1) is 7.27. The van der Waals surface area contributed by atoms with E-state index in [1.54, 1.807) is 7.11 Å². The highest BCUT2D eigenvalue weighted by Crippen LogP contribution is 2.37. The van der Waals surface area contributed by atoms with Crippen molar-refractivity contribution < 1.29 is 14.6 Å².